The second kappa shape index (κ2) is 8.11. The Morgan fingerprint density at radius 1 is 1.10 bits per heavy atom. The first-order chi connectivity index (χ1) is 14.7. The van der Waals surface area contributed by atoms with Crippen molar-refractivity contribution in [1.82, 2.24) is 14.6 Å². The molecule has 9 heteroatoms. The molecule has 1 aliphatic carbocycles. The van der Waals surface area contributed by atoms with Crippen LogP contribution in [0.25, 0.3) is 5.65 Å². The number of nitrogens with zero attached hydrogens (tertiary/aromatic N) is 3. The first kappa shape index (κ1) is 21.5. The zero-order valence-electron chi connectivity index (χ0n) is 17.2. The highest BCUT2D eigenvalue weighted by molar-refractivity contribution is 5.54. The maximum absolute atomic E-state index is 13.3. The van der Waals surface area contributed by atoms with Crippen LogP contribution < -0.4 is 4.74 Å². The highest BCUT2D eigenvalue weighted by atomic mass is 19.4. The van der Waals surface area contributed by atoms with Crippen molar-refractivity contribution in [1.29, 1.82) is 0 Å². The summed E-state index contributed by atoms with van der Waals surface area (Å²) < 4.78 is 64.9. The fourth-order valence-electron chi connectivity index (χ4n) is 4.26. The number of aromatic nitrogens is 3. The maximum Gasteiger partial charge on any atom is 0.396 e. The fourth-order valence-corrected chi connectivity index (χ4v) is 4.26. The minimum atomic E-state index is -4.35. The van der Waals surface area contributed by atoms with E-state index < -0.39 is 18.2 Å². The number of hydrogen-bond acceptors (Lipinski definition) is 4. The van der Waals surface area contributed by atoms with E-state index in [4.69, 9.17) is 9.47 Å². The van der Waals surface area contributed by atoms with Gasteiger partial charge in [-0.05, 0) is 56.4 Å². The molecule has 0 amide bonds. The summed E-state index contributed by atoms with van der Waals surface area (Å²) in [6, 6.07) is 8.03. The second-order valence-electron chi connectivity index (χ2n) is 7.93. The van der Waals surface area contributed by atoms with Crippen molar-refractivity contribution in [2.45, 2.75) is 56.9 Å². The molecule has 2 heterocycles. The zero-order valence-corrected chi connectivity index (χ0v) is 17.2. The number of alkyl halides is 3. The lowest BCUT2D eigenvalue weighted by atomic mass is 9.78. The molecular formula is C22H23F4N3O2. The third kappa shape index (κ3) is 4.37. The molecule has 166 valence electrons. The predicted molar refractivity (Wildman–Crippen MR) is 105 cm³/mol. The van der Waals surface area contributed by atoms with Gasteiger partial charge in [0, 0.05) is 18.9 Å². The summed E-state index contributed by atoms with van der Waals surface area (Å²) in [4.78, 5) is 0. The van der Waals surface area contributed by atoms with Crippen LogP contribution in [0.1, 0.15) is 42.6 Å². The van der Waals surface area contributed by atoms with Gasteiger partial charge >= 0.3 is 6.18 Å². The summed E-state index contributed by atoms with van der Waals surface area (Å²) in [6.45, 7) is 1.76. The minimum Gasteiger partial charge on any atom is -0.490 e. The van der Waals surface area contributed by atoms with E-state index >= 15 is 0 Å². The monoisotopic (exact) mass is 437 g/mol. The van der Waals surface area contributed by atoms with Crippen molar-refractivity contribution in [3.05, 3.63) is 59.3 Å². The molecule has 0 spiro atoms. The standard InChI is InChI=1S/C22H23F4N3O2/c1-14-18(9-12-29-19(13-22(24,25)26)27-28-20(14)29)31-17-7-10-21(30-2,11-8-17)15-3-5-16(23)6-4-15/h3-6,9,12,17H,7-8,10-11,13H2,1-2H3. The topological polar surface area (TPSA) is 48.7 Å². The first-order valence-corrected chi connectivity index (χ1v) is 10.1. The number of pyridine rings is 1. The Morgan fingerprint density at radius 2 is 1.77 bits per heavy atom. The van der Waals surface area contributed by atoms with Gasteiger partial charge in [0.1, 0.15) is 23.8 Å². The molecule has 0 radical (unpaired) electrons. The molecule has 1 aromatic carbocycles. The van der Waals surface area contributed by atoms with Crippen LogP contribution >= 0.6 is 0 Å². The van der Waals surface area contributed by atoms with E-state index in [1.165, 1.54) is 22.7 Å². The summed E-state index contributed by atoms with van der Waals surface area (Å²) in [7, 11) is 1.66. The number of halogens is 4. The van der Waals surface area contributed by atoms with Crippen LogP contribution in [-0.2, 0) is 16.8 Å². The van der Waals surface area contributed by atoms with Crippen molar-refractivity contribution in [3.8, 4) is 5.75 Å². The smallest absolute Gasteiger partial charge is 0.396 e. The Hall–Kier alpha value is -2.68. The van der Waals surface area contributed by atoms with Crippen LogP contribution in [0.15, 0.2) is 36.5 Å². The summed E-state index contributed by atoms with van der Waals surface area (Å²) in [5.74, 6) is 0.138. The molecule has 0 saturated heterocycles. The fraction of sp³-hybridized carbons (Fsp3) is 0.455. The number of aryl methyl sites for hydroxylation is 1. The molecule has 4 rings (SSSR count). The molecule has 2 aromatic heterocycles. The van der Waals surface area contributed by atoms with Gasteiger partial charge in [0.15, 0.2) is 5.65 Å². The second-order valence-corrected chi connectivity index (χ2v) is 7.93. The summed E-state index contributed by atoms with van der Waals surface area (Å²) in [5, 5.41) is 7.62. The van der Waals surface area contributed by atoms with E-state index in [-0.39, 0.29) is 17.7 Å². The molecule has 3 aromatic rings. The van der Waals surface area contributed by atoms with E-state index in [1.807, 2.05) is 0 Å². The van der Waals surface area contributed by atoms with E-state index in [0.717, 1.165) is 18.4 Å². The quantitative estimate of drug-likeness (QED) is 0.519. The molecule has 0 unspecified atom stereocenters. The van der Waals surface area contributed by atoms with Crippen LogP contribution in [0, 0.1) is 12.7 Å². The number of benzene rings is 1. The van der Waals surface area contributed by atoms with Gasteiger partial charge in [0.25, 0.3) is 0 Å². The number of rotatable bonds is 5. The van der Waals surface area contributed by atoms with E-state index in [0.29, 0.717) is 29.8 Å². The van der Waals surface area contributed by atoms with Gasteiger partial charge in [-0.1, -0.05) is 12.1 Å². The van der Waals surface area contributed by atoms with Gasteiger partial charge in [-0.2, -0.15) is 13.2 Å². The van der Waals surface area contributed by atoms with Crippen molar-refractivity contribution in [2.24, 2.45) is 0 Å². The normalized spacial score (nSPS) is 22.1. The minimum absolute atomic E-state index is 0.0672. The molecule has 1 fully saturated rings. The molecule has 0 N–H and O–H groups in total. The van der Waals surface area contributed by atoms with Gasteiger partial charge in [0.05, 0.1) is 11.7 Å². The SMILES string of the molecule is COC1(c2ccc(F)cc2)CCC(Oc2ccn3c(CC(F)(F)F)nnc3c2C)CC1. The van der Waals surface area contributed by atoms with Gasteiger partial charge in [-0.25, -0.2) is 4.39 Å². The summed E-state index contributed by atoms with van der Waals surface area (Å²) in [5.41, 5.74) is 1.45. The number of hydrogen-bond donors (Lipinski definition) is 0. The molecule has 0 bridgehead atoms. The molecule has 31 heavy (non-hydrogen) atoms. The van der Waals surface area contributed by atoms with Crippen LogP contribution in [-0.4, -0.2) is 34.0 Å². The average Bonchev–Trinajstić information content (AvgIpc) is 3.13. The van der Waals surface area contributed by atoms with Gasteiger partial charge < -0.3 is 9.47 Å². The molecule has 0 atom stereocenters. The summed E-state index contributed by atoms with van der Waals surface area (Å²) in [6.07, 6.45) is -1.18. The number of ether oxygens (including phenoxy) is 2. The highest BCUT2D eigenvalue weighted by Gasteiger charge is 2.38. The number of fused-ring (bicyclic) bond motifs is 1. The lowest BCUT2D eigenvalue weighted by molar-refractivity contribution is -0.128. The molecule has 5 nitrogen and oxygen atoms in total. The zero-order chi connectivity index (χ0) is 22.2. The first-order valence-electron chi connectivity index (χ1n) is 10.1. The van der Waals surface area contributed by atoms with E-state index in [2.05, 4.69) is 10.2 Å². The third-order valence-corrected chi connectivity index (χ3v) is 6.00. The maximum atomic E-state index is 13.3. The van der Waals surface area contributed by atoms with Crippen LogP contribution in [0.2, 0.25) is 0 Å². The largest absolute Gasteiger partial charge is 0.490 e. The van der Waals surface area contributed by atoms with Crippen LogP contribution in [0.5, 0.6) is 5.75 Å². The van der Waals surface area contributed by atoms with Gasteiger partial charge in [0.2, 0.25) is 0 Å². The van der Waals surface area contributed by atoms with Gasteiger partial charge in [-0.3, -0.25) is 4.40 Å². The summed E-state index contributed by atoms with van der Waals surface area (Å²) >= 11 is 0. The molecule has 1 aliphatic rings. The molecule has 0 aliphatic heterocycles. The Morgan fingerprint density at radius 3 is 2.39 bits per heavy atom. The lowest BCUT2D eigenvalue weighted by Gasteiger charge is -2.39. The van der Waals surface area contributed by atoms with E-state index in [1.54, 1.807) is 32.2 Å². The van der Waals surface area contributed by atoms with Crippen molar-refractivity contribution >= 4 is 5.65 Å². The average molecular weight is 437 g/mol. The Bertz CT molecular complexity index is 1060. The van der Waals surface area contributed by atoms with Crippen molar-refractivity contribution in [2.75, 3.05) is 7.11 Å². The van der Waals surface area contributed by atoms with Crippen LogP contribution in [0.3, 0.4) is 0 Å². The Balaban J connectivity index is 1.48. The molecular weight excluding hydrogens is 414 g/mol. The number of methoxy groups -OCH3 is 1. The van der Waals surface area contributed by atoms with Crippen molar-refractivity contribution < 1.29 is 27.0 Å². The Kier molecular flexibility index (Phi) is 5.63. The third-order valence-electron chi connectivity index (χ3n) is 6.00. The van der Waals surface area contributed by atoms with E-state index in [9.17, 15) is 17.6 Å². The van der Waals surface area contributed by atoms with Crippen molar-refractivity contribution in [3.63, 3.8) is 0 Å². The Labute approximate surface area is 177 Å². The highest BCUT2D eigenvalue weighted by Crippen LogP contribution is 2.41. The van der Waals surface area contributed by atoms with Crippen LogP contribution in [0.4, 0.5) is 17.6 Å². The predicted octanol–water partition coefficient (Wildman–Crippen LogP) is 5.14. The van der Waals surface area contributed by atoms with Gasteiger partial charge in [-0.15, -0.1) is 10.2 Å². The lowest BCUT2D eigenvalue weighted by Crippen LogP contribution is -2.37. The molecule has 1 saturated carbocycles.